The summed E-state index contributed by atoms with van der Waals surface area (Å²) in [6.07, 6.45) is 2.19. The number of nitrogens with zero attached hydrogens (tertiary/aromatic N) is 2. The molecule has 0 N–H and O–H groups in total. The number of rotatable bonds is 6. The van der Waals surface area contributed by atoms with Gasteiger partial charge in [0.2, 0.25) is 0 Å². The molecule has 0 saturated heterocycles. The minimum absolute atomic E-state index is 0.0346. The van der Waals surface area contributed by atoms with E-state index in [1.165, 1.54) is 23.1 Å². The van der Waals surface area contributed by atoms with Crippen LogP contribution in [0.3, 0.4) is 0 Å². The predicted molar refractivity (Wildman–Crippen MR) is 105 cm³/mol. The molecular formula is C23H18N2O4. The van der Waals surface area contributed by atoms with Gasteiger partial charge in [0.25, 0.3) is 11.8 Å². The van der Waals surface area contributed by atoms with Gasteiger partial charge in [-0.15, -0.1) is 0 Å². The van der Waals surface area contributed by atoms with Crippen molar-refractivity contribution in [2.45, 2.75) is 13.0 Å². The lowest BCUT2D eigenvalue weighted by atomic mass is 10.1. The van der Waals surface area contributed by atoms with Gasteiger partial charge < -0.3 is 4.74 Å². The average molecular weight is 386 g/mol. The highest BCUT2D eigenvalue weighted by Crippen LogP contribution is 2.25. The van der Waals surface area contributed by atoms with Gasteiger partial charge in [-0.2, -0.15) is 0 Å². The van der Waals surface area contributed by atoms with Gasteiger partial charge in [-0.1, -0.05) is 36.4 Å². The lowest BCUT2D eigenvalue weighted by Gasteiger charge is -2.13. The maximum absolute atomic E-state index is 12.7. The number of hydrogen-bond acceptors (Lipinski definition) is 5. The fourth-order valence-corrected chi connectivity index (χ4v) is 3.21. The van der Waals surface area contributed by atoms with Gasteiger partial charge in [0.15, 0.2) is 0 Å². The highest BCUT2D eigenvalue weighted by molar-refractivity contribution is 6.21. The molecule has 6 heteroatoms. The van der Waals surface area contributed by atoms with Crippen LogP contribution in [0, 0.1) is 0 Å². The quantitative estimate of drug-likeness (QED) is 0.480. The first-order valence-corrected chi connectivity index (χ1v) is 9.24. The summed E-state index contributed by atoms with van der Waals surface area (Å²) >= 11 is 0. The van der Waals surface area contributed by atoms with Crippen LogP contribution in [0.2, 0.25) is 0 Å². The summed E-state index contributed by atoms with van der Waals surface area (Å²) in [5, 5.41) is 0. The molecule has 0 fully saturated rings. The topological polar surface area (TPSA) is 76.6 Å². The van der Waals surface area contributed by atoms with Crippen molar-refractivity contribution in [3.8, 4) is 0 Å². The number of aromatic nitrogens is 1. The summed E-state index contributed by atoms with van der Waals surface area (Å²) < 4.78 is 5.26. The summed E-state index contributed by atoms with van der Waals surface area (Å²) in [6.45, 7) is 0.322. The fraction of sp³-hybridized carbons (Fsp3) is 0.130. The van der Waals surface area contributed by atoms with Crippen LogP contribution in [0.5, 0.6) is 0 Å². The summed E-state index contributed by atoms with van der Waals surface area (Å²) in [5.41, 5.74) is 2.44. The number of carbonyl (C=O) groups excluding carboxylic acids is 3. The molecule has 4 rings (SSSR count). The molecule has 6 nitrogen and oxygen atoms in total. The molecule has 3 aromatic rings. The van der Waals surface area contributed by atoms with Crippen molar-refractivity contribution in [2.75, 3.05) is 6.54 Å². The molecule has 144 valence electrons. The predicted octanol–water partition coefficient (Wildman–Crippen LogP) is 3.28. The van der Waals surface area contributed by atoms with E-state index in [1.807, 2.05) is 30.3 Å². The van der Waals surface area contributed by atoms with Crippen molar-refractivity contribution >= 4 is 17.8 Å². The molecule has 2 amide bonds. The van der Waals surface area contributed by atoms with Crippen LogP contribution in [0.1, 0.15) is 42.3 Å². The van der Waals surface area contributed by atoms with E-state index in [-0.39, 0.29) is 36.1 Å². The molecule has 29 heavy (non-hydrogen) atoms. The van der Waals surface area contributed by atoms with Crippen LogP contribution < -0.4 is 0 Å². The van der Waals surface area contributed by atoms with Crippen LogP contribution in [0.4, 0.5) is 0 Å². The normalized spacial score (nSPS) is 12.8. The lowest BCUT2D eigenvalue weighted by Crippen LogP contribution is -2.31. The van der Waals surface area contributed by atoms with Crippen molar-refractivity contribution in [1.29, 1.82) is 0 Å². The largest absolute Gasteiger partial charge is 0.456 e. The zero-order chi connectivity index (χ0) is 20.2. The van der Waals surface area contributed by atoms with Gasteiger partial charge in [0.05, 0.1) is 22.4 Å². The van der Waals surface area contributed by atoms with E-state index in [2.05, 4.69) is 4.98 Å². The van der Waals surface area contributed by atoms with E-state index in [4.69, 9.17) is 4.74 Å². The molecule has 0 aliphatic carbocycles. The number of pyridine rings is 1. The highest BCUT2D eigenvalue weighted by Gasteiger charge is 2.35. The van der Waals surface area contributed by atoms with Crippen LogP contribution in [0.25, 0.3) is 0 Å². The molecule has 1 aliphatic rings. The Bertz CT molecular complexity index is 1060. The second-order valence-corrected chi connectivity index (χ2v) is 6.66. The summed E-state index contributed by atoms with van der Waals surface area (Å²) in [4.78, 5) is 43.0. The zero-order valence-electron chi connectivity index (χ0n) is 15.6. The molecule has 2 heterocycles. The Morgan fingerprint density at radius 2 is 1.66 bits per heavy atom. The van der Waals surface area contributed by atoms with Gasteiger partial charge in [0, 0.05) is 12.7 Å². The summed E-state index contributed by atoms with van der Waals surface area (Å²) in [6, 6.07) is 19.4. The van der Waals surface area contributed by atoms with E-state index >= 15 is 0 Å². The van der Waals surface area contributed by atoms with E-state index in [0.717, 1.165) is 5.56 Å². The molecule has 1 aromatic heterocycles. The van der Waals surface area contributed by atoms with Crippen LogP contribution in [-0.2, 0) is 17.8 Å². The highest BCUT2D eigenvalue weighted by atomic mass is 16.5. The van der Waals surface area contributed by atoms with Crippen molar-refractivity contribution in [1.82, 2.24) is 9.88 Å². The zero-order valence-corrected chi connectivity index (χ0v) is 15.6. The van der Waals surface area contributed by atoms with E-state index < -0.39 is 5.97 Å². The van der Waals surface area contributed by atoms with Gasteiger partial charge in [0.1, 0.15) is 6.61 Å². The number of fused-ring (bicyclic) bond motifs is 1. The molecule has 0 spiro atoms. The third-order valence-corrected chi connectivity index (χ3v) is 4.75. The lowest BCUT2D eigenvalue weighted by molar-refractivity contribution is 0.0467. The number of benzene rings is 2. The van der Waals surface area contributed by atoms with E-state index in [0.29, 0.717) is 17.7 Å². The van der Waals surface area contributed by atoms with Crippen molar-refractivity contribution in [3.05, 3.63) is 101 Å². The van der Waals surface area contributed by atoms with Gasteiger partial charge >= 0.3 is 5.97 Å². The SMILES string of the molecule is O=C(OCc1ccccn1)c1ccc2c(c1)C(=O)N(CCc1ccccc1)C2=O. The van der Waals surface area contributed by atoms with E-state index in [1.54, 1.807) is 24.4 Å². The Morgan fingerprint density at radius 1 is 0.897 bits per heavy atom. The summed E-state index contributed by atoms with van der Waals surface area (Å²) in [7, 11) is 0. The first kappa shape index (κ1) is 18.6. The molecule has 0 unspecified atom stereocenters. The Morgan fingerprint density at radius 3 is 2.41 bits per heavy atom. The standard InChI is InChI=1S/C23H18N2O4/c26-21-19-10-9-17(23(28)29-15-18-8-4-5-12-24-18)14-20(19)22(27)25(21)13-11-16-6-2-1-3-7-16/h1-10,12,14H,11,13,15H2. The van der Waals surface area contributed by atoms with Crippen LogP contribution in [-0.4, -0.2) is 34.2 Å². The van der Waals surface area contributed by atoms with Gasteiger partial charge in [-0.25, -0.2) is 4.79 Å². The number of carbonyl (C=O) groups is 3. The van der Waals surface area contributed by atoms with Crippen LogP contribution in [0.15, 0.2) is 72.9 Å². The number of hydrogen-bond donors (Lipinski definition) is 0. The Kier molecular flexibility index (Phi) is 5.16. The molecule has 1 aliphatic heterocycles. The summed E-state index contributed by atoms with van der Waals surface area (Å²) in [5.74, 6) is -1.30. The molecule has 0 radical (unpaired) electrons. The second-order valence-electron chi connectivity index (χ2n) is 6.66. The maximum Gasteiger partial charge on any atom is 0.338 e. The average Bonchev–Trinajstić information content (AvgIpc) is 3.01. The van der Waals surface area contributed by atoms with Crippen molar-refractivity contribution in [2.24, 2.45) is 0 Å². The fourth-order valence-electron chi connectivity index (χ4n) is 3.21. The maximum atomic E-state index is 12.7. The van der Waals surface area contributed by atoms with E-state index in [9.17, 15) is 14.4 Å². The molecule has 0 bridgehead atoms. The van der Waals surface area contributed by atoms with Gasteiger partial charge in [-0.05, 0) is 42.3 Å². The first-order chi connectivity index (χ1) is 14.1. The minimum atomic E-state index is -0.568. The first-order valence-electron chi connectivity index (χ1n) is 9.24. The monoisotopic (exact) mass is 386 g/mol. The molecular weight excluding hydrogens is 368 g/mol. The molecule has 0 atom stereocenters. The smallest absolute Gasteiger partial charge is 0.338 e. The molecule has 0 saturated carbocycles. The number of imide groups is 1. The second kappa shape index (κ2) is 8.06. The number of ether oxygens (including phenoxy) is 1. The number of amides is 2. The van der Waals surface area contributed by atoms with Crippen molar-refractivity contribution < 1.29 is 19.1 Å². The molecule has 2 aromatic carbocycles. The Hall–Kier alpha value is -3.80. The number of esters is 1. The van der Waals surface area contributed by atoms with Crippen LogP contribution >= 0.6 is 0 Å². The Balaban J connectivity index is 1.45. The van der Waals surface area contributed by atoms with Crippen molar-refractivity contribution in [3.63, 3.8) is 0 Å². The third-order valence-electron chi connectivity index (χ3n) is 4.75. The minimum Gasteiger partial charge on any atom is -0.456 e. The Labute approximate surface area is 167 Å². The van der Waals surface area contributed by atoms with Gasteiger partial charge in [-0.3, -0.25) is 19.5 Å². The third kappa shape index (κ3) is 3.91.